The normalized spacial score (nSPS) is 15.8. The van der Waals surface area contributed by atoms with Gasteiger partial charge in [-0.25, -0.2) is 0 Å². The van der Waals surface area contributed by atoms with Crippen LogP contribution in [0, 0.1) is 5.92 Å². The summed E-state index contributed by atoms with van der Waals surface area (Å²) in [4.78, 5) is 11.8. The number of piperidine rings is 1. The zero-order valence-corrected chi connectivity index (χ0v) is 12.5. The van der Waals surface area contributed by atoms with E-state index in [0.717, 1.165) is 37.9 Å². The van der Waals surface area contributed by atoms with Crippen LogP contribution >= 0.6 is 0 Å². The van der Waals surface area contributed by atoms with Crippen molar-refractivity contribution < 1.29 is 18.3 Å². The first-order chi connectivity index (χ1) is 10.6. The summed E-state index contributed by atoms with van der Waals surface area (Å²) in [5, 5.41) is 6.12. The van der Waals surface area contributed by atoms with Gasteiger partial charge >= 0.3 is 6.61 Å². The smallest absolute Gasteiger partial charge is 0.387 e. The molecule has 6 heteroatoms. The minimum atomic E-state index is -2.84. The molecule has 1 aliphatic heterocycles. The molecule has 22 heavy (non-hydrogen) atoms. The van der Waals surface area contributed by atoms with Gasteiger partial charge in [0.05, 0.1) is 0 Å². The summed E-state index contributed by atoms with van der Waals surface area (Å²) in [7, 11) is 0. The number of alkyl halides is 2. The molecule has 0 spiro atoms. The molecule has 1 fully saturated rings. The highest BCUT2D eigenvalue weighted by atomic mass is 19.3. The van der Waals surface area contributed by atoms with Gasteiger partial charge in [0, 0.05) is 13.0 Å². The largest absolute Gasteiger partial charge is 0.435 e. The Balaban J connectivity index is 1.71. The van der Waals surface area contributed by atoms with Crippen LogP contribution in [-0.2, 0) is 11.3 Å². The van der Waals surface area contributed by atoms with Gasteiger partial charge in [-0.1, -0.05) is 12.1 Å². The Morgan fingerprint density at radius 2 is 2.14 bits per heavy atom. The van der Waals surface area contributed by atoms with Crippen molar-refractivity contribution in [3.05, 3.63) is 29.8 Å². The quantitative estimate of drug-likeness (QED) is 0.814. The SMILES string of the molecule is O=C(CCC1CCNCC1)NCc1cccc(OC(F)F)c1. The molecule has 1 aromatic carbocycles. The third-order valence-electron chi connectivity index (χ3n) is 3.85. The molecular formula is C16H22F2N2O2. The fourth-order valence-corrected chi connectivity index (χ4v) is 2.63. The lowest BCUT2D eigenvalue weighted by molar-refractivity contribution is -0.121. The van der Waals surface area contributed by atoms with Gasteiger partial charge in [-0.3, -0.25) is 4.79 Å². The highest BCUT2D eigenvalue weighted by Crippen LogP contribution is 2.18. The van der Waals surface area contributed by atoms with Gasteiger partial charge < -0.3 is 15.4 Å². The van der Waals surface area contributed by atoms with Gasteiger partial charge in [-0.2, -0.15) is 8.78 Å². The molecule has 0 radical (unpaired) electrons. The number of carbonyl (C=O) groups excluding carboxylic acids is 1. The van der Waals surface area contributed by atoms with Gasteiger partial charge in [0.1, 0.15) is 5.75 Å². The summed E-state index contributed by atoms with van der Waals surface area (Å²) in [6, 6.07) is 6.38. The summed E-state index contributed by atoms with van der Waals surface area (Å²) >= 11 is 0. The maximum atomic E-state index is 12.1. The maximum absolute atomic E-state index is 12.1. The third kappa shape index (κ3) is 5.97. The van der Waals surface area contributed by atoms with E-state index in [2.05, 4.69) is 15.4 Å². The second kappa shape index (κ2) is 8.68. The van der Waals surface area contributed by atoms with Crippen LogP contribution in [0.25, 0.3) is 0 Å². The molecule has 0 aliphatic carbocycles. The van der Waals surface area contributed by atoms with E-state index < -0.39 is 6.61 Å². The van der Waals surface area contributed by atoms with Crippen LogP contribution in [-0.4, -0.2) is 25.6 Å². The van der Waals surface area contributed by atoms with Gasteiger partial charge in [0.15, 0.2) is 0 Å². The lowest BCUT2D eigenvalue weighted by Crippen LogP contribution is -2.29. The summed E-state index contributed by atoms with van der Waals surface area (Å²) in [5.41, 5.74) is 0.744. The molecule has 2 rings (SSSR count). The Bertz CT molecular complexity index is 477. The van der Waals surface area contributed by atoms with Crippen molar-refractivity contribution in [2.45, 2.75) is 38.8 Å². The Kier molecular flexibility index (Phi) is 6.58. The number of amides is 1. The summed E-state index contributed by atoms with van der Waals surface area (Å²) < 4.78 is 28.6. The van der Waals surface area contributed by atoms with E-state index in [1.807, 2.05) is 0 Å². The van der Waals surface area contributed by atoms with Gasteiger partial charge in [-0.05, 0) is 56.0 Å². The van der Waals surface area contributed by atoms with Crippen molar-refractivity contribution in [1.82, 2.24) is 10.6 Å². The monoisotopic (exact) mass is 312 g/mol. The topological polar surface area (TPSA) is 50.4 Å². The average molecular weight is 312 g/mol. The van der Waals surface area contributed by atoms with Crippen LogP contribution in [0.15, 0.2) is 24.3 Å². The standard InChI is InChI=1S/C16H22F2N2O2/c17-16(18)22-14-3-1-2-13(10-14)11-20-15(21)5-4-12-6-8-19-9-7-12/h1-3,10,12,16,19H,4-9,11H2,(H,20,21). The zero-order valence-electron chi connectivity index (χ0n) is 12.5. The van der Waals surface area contributed by atoms with Crippen molar-refractivity contribution in [1.29, 1.82) is 0 Å². The van der Waals surface area contributed by atoms with Crippen molar-refractivity contribution in [3.8, 4) is 5.75 Å². The van der Waals surface area contributed by atoms with E-state index in [4.69, 9.17) is 0 Å². The van der Waals surface area contributed by atoms with Crippen LogP contribution in [0.1, 0.15) is 31.2 Å². The zero-order chi connectivity index (χ0) is 15.8. The second-order valence-electron chi connectivity index (χ2n) is 5.53. The first-order valence-electron chi connectivity index (χ1n) is 7.64. The van der Waals surface area contributed by atoms with Crippen LogP contribution in [0.4, 0.5) is 8.78 Å². The van der Waals surface area contributed by atoms with Crippen LogP contribution < -0.4 is 15.4 Å². The van der Waals surface area contributed by atoms with E-state index in [1.54, 1.807) is 12.1 Å². The Morgan fingerprint density at radius 1 is 1.36 bits per heavy atom. The summed E-state index contributed by atoms with van der Waals surface area (Å²) in [5.74, 6) is 0.727. The first kappa shape index (κ1) is 16.7. The third-order valence-corrected chi connectivity index (χ3v) is 3.85. The van der Waals surface area contributed by atoms with E-state index in [9.17, 15) is 13.6 Å². The molecule has 0 unspecified atom stereocenters. The fraction of sp³-hybridized carbons (Fsp3) is 0.562. The Hall–Kier alpha value is -1.69. The number of rotatable bonds is 7. The van der Waals surface area contributed by atoms with Gasteiger partial charge in [0.2, 0.25) is 5.91 Å². The summed E-state index contributed by atoms with van der Waals surface area (Å²) in [6.07, 6.45) is 3.67. The molecule has 1 aliphatic rings. The molecule has 122 valence electrons. The molecular weight excluding hydrogens is 290 g/mol. The van der Waals surface area contributed by atoms with Crippen LogP contribution in [0.2, 0.25) is 0 Å². The summed E-state index contributed by atoms with van der Waals surface area (Å²) in [6.45, 7) is -0.451. The molecule has 1 aromatic rings. The van der Waals surface area contributed by atoms with Crippen molar-refractivity contribution >= 4 is 5.91 Å². The molecule has 2 N–H and O–H groups in total. The minimum Gasteiger partial charge on any atom is -0.435 e. The average Bonchev–Trinajstić information content (AvgIpc) is 2.52. The number of benzene rings is 1. The molecule has 0 aromatic heterocycles. The maximum Gasteiger partial charge on any atom is 0.387 e. The van der Waals surface area contributed by atoms with E-state index >= 15 is 0 Å². The molecule has 1 heterocycles. The molecule has 0 bridgehead atoms. The lowest BCUT2D eigenvalue weighted by Gasteiger charge is -2.22. The molecule has 1 amide bonds. The van der Waals surface area contributed by atoms with Gasteiger partial charge in [-0.15, -0.1) is 0 Å². The second-order valence-corrected chi connectivity index (χ2v) is 5.53. The van der Waals surface area contributed by atoms with Crippen LogP contribution in [0.5, 0.6) is 5.75 Å². The van der Waals surface area contributed by atoms with Gasteiger partial charge in [0.25, 0.3) is 0 Å². The van der Waals surface area contributed by atoms with E-state index in [-0.39, 0.29) is 11.7 Å². The first-order valence-corrected chi connectivity index (χ1v) is 7.64. The minimum absolute atomic E-state index is 0.00119. The Morgan fingerprint density at radius 3 is 2.86 bits per heavy atom. The fourth-order valence-electron chi connectivity index (χ4n) is 2.63. The number of halogens is 2. The molecule has 1 saturated heterocycles. The predicted octanol–water partition coefficient (Wildman–Crippen LogP) is 2.68. The Labute approximate surface area is 129 Å². The number of hydrogen-bond donors (Lipinski definition) is 2. The van der Waals surface area contributed by atoms with E-state index in [0.29, 0.717) is 18.9 Å². The number of hydrogen-bond acceptors (Lipinski definition) is 3. The highest BCUT2D eigenvalue weighted by molar-refractivity contribution is 5.75. The van der Waals surface area contributed by atoms with Crippen LogP contribution in [0.3, 0.4) is 0 Å². The molecule has 0 atom stereocenters. The number of carbonyl (C=O) groups is 1. The number of nitrogens with one attached hydrogen (secondary N) is 2. The van der Waals surface area contributed by atoms with E-state index in [1.165, 1.54) is 12.1 Å². The van der Waals surface area contributed by atoms with Crippen molar-refractivity contribution in [3.63, 3.8) is 0 Å². The van der Waals surface area contributed by atoms with Crippen molar-refractivity contribution in [2.24, 2.45) is 5.92 Å². The van der Waals surface area contributed by atoms with Crippen molar-refractivity contribution in [2.75, 3.05) is 13.1 Å². The lowest BCUT2D eigenvalue weighted by atomic mass is 9.93. The molecule has 4 nitrogen and oxygen atoms in total. The number of ether oxygens (including phenoxy) is 1. The molecule has 0 saturated carbocycles. The highest BCUT2D eigenvalue weighted by Gasteiger charge is 2.14. The predicted molar refractivity (Wildman–Crippen MR) is 79.7 cm³/mol.